The van der Waals surface area contributed by atoms with E-state index in [1.165, 1.54) is 0 Å². The highest BCUT2D eigenvalue weighted by Crippen LogP contribution is 2.24. The van der Waals surface area contributed by atoms with E-state index in [2.05, 4.69) is 9.98 Å². The fourth-order valence-electron chi connectivity index (χ4n) is 2.59. The summed E-state index contributed by atoms with van der Waals surface area (Å²) in [5.74, 6) is -1.39. The maximum absolute atomic E-state index is 11.7. The normalized spacial score (nSPS) is 12.2. The second-order valence-corrected chi connectivity index (χ2v) is 5.71. The van der Waals surface area contributed by atoms with E-state index in [1.807, 2.05) is 66.7 Å². The lowest BCUT2D eigenvalue weighted by Crippen LogP contribution is -2.14. The maximum atomic E-state index is 11.7. The van der Waals surface area contributed by atoms with Crippen LogP contribution < -0.4 is 0 Å². The molecule has 0 fully saturated rings. The van der Waals surface area contributed by atoms with Gasteiger partial charge >= 0.3 is 5.97 Å². The number of pyridine rings is 1. The van der Waals surface area contributed by atoms with Crippen molar-refractivity contribution in [3.63, 3.8) is 0 Å². The number of nitrogens with zero attached hydrogens (tertiary/aromatic N) is 2. The van der Waals surface area contributed by atoms with E-state index >= 15 is 0 Å². The topological polar surface area (TPSA) is 62.5 Å². The van der Waals surface area contributed by atoms with Gasteiger partial charge in [0.2, 0.25) is 0 Å². The average molecular weight is 330 g/mol. The Labute approximate surface area is 146 Å². The van der Waals surface area contributed by atoms with E-state index in [0.717, 1.165) is 22.4 Å². The van der Waals surface area contributed by atoms with Crippen molar-refractivity contribution in [3.8, 4) is 0 Å². The number of aromatic nitrogens is 1. The molecule has 124 valence electrons. The molecule has 0 bridgehead atoms. The molecule has 3 rings (SSSR count). The summed E-state index contributed by atoms with van der Waals surface area (Å²) in [6.45, 7) is 0. The summed E-state index contributed by atoms with van der Waals surface area (Å²) in [5.41, 5.74) is 3.53. The summed E-state index contributed by atoms with van der Waals surface area (Å²) < 4.78 is 0. The van der Waals surface area contributed by atoms with Crippen LogP contribution in [0.4, 0.5) is 5.69 Å². The van der Waals surface area contributed by atoms with Crippen molar-refractivity contribution in [2.45, 2.75) is 12.3 Å². The third-order valence-electron chi connectivity index (χ3n) is 3.94. The molecule has 0 radical (unpaired) electrons. The lowest BCUT2D eigenvalue weighted by Gasteiger charge is -2.13. The molecule has 3 aromatic rings. The first-order chi connectivity index (χ1) is 12.2. The molecule has 0 saturated heterocycles. The van der Waals surface area contributed by atoms with Gasteiger partial charge in [-0.25, -0.2) is 0 Å². The molecule has 4 heteroatoms. The Balaban J connectivity index is 1.75. The Morgan fingerprint density at radius 2 is 1.68 bits per heavy atom. The van der Waals surface area contributed by atoms with Gasteiger partial charge in [-0.05, 0) is 47.4 Å². The highest BCUT2D eigenvalue weighted by molar-refractivity contribution is 5.81. The van der Waals surface area contributed by atoms with Crippen LogP contribution in [0.15, 0.2) is 84.1 Å². The number of carboxylic acid groups (broad SMARTS) is 1. The average Bonchev–Trinajstić information content (AvgIpc) is 2.66. The SMILES string of the molecule is O=C(O)C(Cc1ccccc1)c1ccc(N=Cc2ccncc2)cc1. The summed E-state index contributed by atoms with van der Waals surface area (Å²) in [6.07, 6.45) is 5.65. The Bertz CT molecular complexity index is 844. The molecule has 1 aromatic heterocycles. The molecule has 0 saturated carbocycles. The largest absolute Gasteiger partial charge is 0.481 e. The number of carboxylic acids is 1. The molecule has 1 heterocycles. The first-order valence-electron chi connectivity index (χ1n) is 8.03. The number of aliphatic imine (C=N–C) groups is 1. The standard InChI is InChI=1S/C21H18N2O2/c24-21(25)20(14-16-4-2-1-3-5-16)18-6-8-19(9-7-18)23-15-17-10-12-22-13-11-17/h1-13,15,20H,14H2,(H,24,25). The number of hydrogen-bond acceptors (Lipinski definition) is 3. The molecule has 0 aliphatic rings. The monoisotopic (exact) mass is 330 g/mol. The van der Waals surface area contributed by atoms with Gasteiger partial charge in [-0.15, -0.1) is 0 Å². The molecule has 1 N–H and O–H groups in total. The molecular formula is C21H18N2O2. The van der Waals surface area contributed by atoms with Crippen LogP contribution in [0.2, 0.25) is 0 Å². The van der Waals surface area contributed by atoms with Crippen LogP contribution in [0.3, 0.4) is 0 Å². The predicted molar refractivity (Wildman–Crippen MR) is 98.5 cm³/mol. The number of hydrogen-bond donors (Lipinski definition) is 1. The summed E-state index contributed by atoms with van der Waals surface area (Å²) in [4.78, 5) is 20.0. The van der Waals surface area contributed by atoms with Crippen molar-refractivity contribution in [1.29, 1.82) is 0 Å². The molecule has 0 spiro atoms. The van der Waals surface area contributed by atoms with Gasteiger partial charge in [0.05, 0.1) is 11.6 Å². The fraction of sp³-hybridized carbons (Fsp3) is 0.0952. The fourth-order valence-corrected chi connectivity index (χ4v) is 2.59. The molecule has 25 heavy (non-hydrogen) atoms. The summed E-state index contributed by atoms with van der Waals surface area (Å²) in [6, 6.07) is 20.8. The van der Waals surface area contributed by atoms with Gasteiger partial charge in [0.15, 0.2) is 0 Å². The van der Waals surface area contributed by atoms with E-state index < -0.39 is 11.9 Å². The summed E-state index contributed by atoms with van der Waals surface area (Å²) >= 11 is 0. The van der Waals surface area contributed by atoms with Crippen molar-refractivity contribution in [3.05, 3.63) is 95.8 Å². The molecule has 0 aliphatic heterocycles. The highest BCUT2D eigenvalue weighted by Gasteiger charge is 2.20. The van der Waals surface area contributed by atoms with E-state index in [9.17, 15) is 9.90 Å². The van der Waals surface area contributed by atoms with E-state index in [1.54, 1.807) is 18.6 Å². The number of benzene rings is 2. The minimum Gasteiger partial charge on any atom is -0.481 e. The van der Waals surface area contributed by atoms with Gasteiger partial charge in [0, 0.05) is 18.6 Å². The second-order valence-electron chi connectivity index (χ2n) is 5.71. The highest BCUT2D eigenvalue weighted by atomic mass is 16.4. The Kier molecular flexibility index (Phi) is 5.32. The third kappa shape index (κ3) is 4.61. The van der Waals surface area contributed by atoms with Gasteiger partial charge < -0.3 is 5.11 Å². The molecule has 0 aliphatic carbocycles. The van der Waals surface area contributed by atoms with E-state index in [-0.39, 0.29) is 0 Å². The zero-order valence-corrected chi connectivity index (χ0v) is 13.6. The van der Waals surface area contributed by atoms with Gasteiger partial charge in [-0.2, -0.15) is 0 Å². The van der Waals surface area contributed by atoms with Crippen LogP contribution >= 0.6 is 0 Å². The Hall–Kier alpha value is -3.27. The minimum atomic E-state index is -0.822. The first-order valence-corrected chi connectivity index (χ1v) is 8.03. The van der Waals surface area contributed by atoms with Crippen molar-refractivity contribution >= 4 is 17.9 Å². The van der Waals surface area contributed by atoms with Crippen molar-refractivity contribution < 1.29 is 9.90 Å². The van der Waals surface area contributed by atoms with Gasteiger partial charge in [0.25, 0.3) is 0 Å². The third-order valence-corrected chi connectivity index (χ3v) is 3.94. The van der Waals surface area contributed by atoms with Crippen LogP contribution in [-0.4, -0.2) is 22.3 Å². The zero-order chi connectivity index (χ0) is 17.5. The molecular weight excluding hydrogens is 312 g/mol. The smallest absolute Gasteiger partial charge is 0.311 e. The number of carbonyl (C=O) groups is 1. The molecule has 4 nitrogen and oxygen atoms in total. The quantitative estimate of drug-likeness (QED) is 0.688. The molecule has 0 amide bonds. The van der Waals surface area contributed by atoms with Crippen LogP contribution in [0.1, 0.15) is 22.6 Å². The van der Waals surface area contributed by atoms with Crippen LogP contribution in [-0.2, 0) is 11.2 Å². The molecule has 2 aromatic carbocycles. The lowest BCUT2D eigenvalue weighted by molar-refractivity contribution is -0.138. The minimum absolute atomic E-state index is 0.468. The van der Waals surface area contributed by atoms with Crippen molar-refractivity contribution in [2.75, 3.05) is 0 Å². The van der Waals surface area contributed by atoms with E-state index in [4.69, 9.17) is 0 Å². The first kappa shape index (κ1) is 16.6. The van der Waals surface area contributed by atoms with Crippen molar-refractivity contribution in [2.24, 2.45) is 4.99 Å². The summed E-state index contributed by atoms with van der Waals surface area (Å²) in [5, 5.41) is 9.57. The van der Waals surface area contributed by atoms with E-state index in [0.29, 0.717) is 6.42 Å². The number of aliphatic carboxylic acids is 1. The van der Waals surface area contributed by atoms with Crippen LogP contribution in [0.25, 0.3) is 0 Å². The zero-order valence-electron chi connectivity index (χ0n) is 13.6. The van der Waals surface area contributed by atoms with Crippen LogP contribution in [0.5, 0.6) is 0 Å². The lowest BCUT2D eigenvalue weighted by atomic mass is 9.92. The maximum Gasteiger partial charge on any atom is 0.311 e. The molecule has 1 unspecified atom stereocenters. The Morgan fingerprint density at radius 1 is 1.00 bits per heavy atom. The van der Waals surface area contributed by atoms with Gasteiger partial charge in [0.1, 0.15) is 0 Å². The van der Waals surface area contributed by atoms with Gasteiger partial charge in [-0.1, -0.05) is 42.5 Å². The predicted octanol–water partition coefficient (Wildman–Crippen LogP) is 4.24. The number of rotatable bonds is 6. The molecule has 1 atom stereocenters. The Morgan fingerprint density at radius 3 is 2.32 bits per heavy atom. The summed E-state index contributed by atoms with van der Waals surface area (Å²) in [7, 11) is 0. The van der Waals surface area contributed by atoms with Crippen molar-refractivity contribution in [1.82, 2.24) is 4.98 Å². The van der Waals surface area contributed by atoms with Gasteiger partial charge in [-0.3, -0.25) is 14.8 Å². The van der Waals surface area contributed by atoms with Crippen LogP contribution in [0, 0.1) is 0 Å². The second kappa shape index (κ2) is 8.02.